The minimum atomic E-state index is -3.72. The lowest BCUT2D eigenvalue weighted by molar-refractivity contribution is -0.125. The highest BCUT2D eigenvalue weighted by Gasteiger charge is 2.27. The second-order valence-corrected chi connectivity index (χ2v) is 6.74. The Hall–Kier alpha value is -1.15. The van der Waals surface area contributed by atoms with E-state index in [1.54, 1.807) is 12.1 Å². The number of sulfonamides is 1. The van der Waals surface area contributed by atoms with Gasteiger partial charge in [0.1, 0.15) is 0 Å². The average Bonchev–Trinajstić information content (AvgIpc) is 2.82. The van der Waals surface area contributed by atoms with E-state index >= 15 is 0 Å². The van der Waals surface area contributed by atoms with E-state index in [9.17, 15) is 13.2 Å². The molecule has 6 nitrogen and oxygen atoms in total. The largest absolute Gasteiger partial charge is 0.352 e. The van der Waals surface area contributed by atoms with E-state index in [0.29, 0.717) is 12.0 Å². The highest BCUT2D eigenvalue weighted by atomic mass is 35.5. The number of hydrogen-bond acceptors (Lipinski definition) is 4. The van der Waals surface area contributed by atoms with E-state index in [1.165, 1.54) is 12.1 Å². The van der Waals surface area contributed by atoms with Gasteiger partial charge in [0.2, 0.25) is 15.9 Å². The average molecular weight is 334 g/mol. The summed E-state index contributed by atoms with van der Waals surface area (Å²) in [6.07, 6.45) is 2.40. The molecule has 0 heterocycles. The molecule has 1 aromatic carbocycles. The number of amides is 1. The Kier molecular flexibility index (Phi) is 6.15. The fourth-order valence-electron chi connectivity index (χ4n) is 2.42. The molecule has 1 fully saturated rings. The summed E-state index contributed by atoms with van der Waals surface area (Å²) in [6, 6.07) is 6.35. The van der Waals surface area contributed by atoms with Crippen LogP contribution in [0.4, 0.5) is 0 Å². The molecule has 0 spiro atoms. The molecule has 1 saturated carbocycles. The van der Waals surface area contributed by atoms with Crippen LogP contribution < -0.4 is 16.2 Å². The molecule has 0 saturated heterocycles. The maximum absolute atomic E-state index is 11.9. The van der Waals surface area contributed by atoms with Gasteiger partial charge < -0.3 is 11.1 Å². The van der Waals surface area contributed by atoms with Crippen molar-refractivity contribution in [3.05, 3.63) is 29.8 Å². The summed E-state index contributed by atoms with van der Waals surface area (Å²) in [4.78, 5) is 12.0. The van der Waals surface area contributed by atoms with Crippen LogP contribution in [0.5, 0.6) is 0 Å². The van der Waals surface area contributed by atoms with E-state index in [4.69, 9.17) is 10.9 Å². The van der Waals surface area contributed by atoms with E-state index < -0.39 is 10.0 Å². The number of halogens is 1. The molecule has 21 heavy (non-hydrogen) atoms. The third-order valence-electron chi connectivity index (χ3n) is 3.54. The molecular weight excluding hydrogens is 314 g/mol. The molecule has 0 aliphatic heterocycles. The highest BCUT2D eigenvalue weighted by Crippen LogP contribution is 2.24. The van der Waals surface area contributed by atoms with Crippen LogP contribution in [-0.2, 0) is 21.4 Å². The fraction of sp³-hybridized carbons (Fsp3) is 0.462. The van der Waals surface area contributed by atoms with Crippen molar-refractivity contribution >= 4 is 28.3 Å². The summed E-state index contributed by atoms with van der Waals surface area (Å²) in [6.45, 7) is 0.286. The van der Waals surface area contributed by atoms with Crippen LogP contribution in [0.2, 0.25) is 0 Å². The first-order valence-corrected chi connectivity index (χ1v) is 8.06. The van der Waals surface area contributed by atoms with E-state index in [0.717, 1.165) is 12.8 Å². The molecule has 2 atom stereocenters. The Balaban J connectivity index is 0.00000220. The van der Waals surface area contributed by atoms with Gasteiger partial charge in [0, 0.05) is 18.5 Å². The van der Waals surface area contributed by atoms with Crippen LogP contribution >= 0.6 is 12.4 Å². The van der Waals surface area contributed by atoms with Crippen LogP contribution in [0.3, 0.4) is 0 Å². The topological polar surface area (TPSA) is 115 Å². The molecule has 118 valence electrons. The van der Waals surface area contributed by atoms with Crippen LogP contribution in [-0.4, -0.2) is 20.4 Å². The molecule has 0 radical (unpaired) electrons. The lowest BCUT2D eigenvalue weighted by Crippen LogP contribution is -2.30. The summed E-state index contributed by atoms with van der Waals surface area (Å²) < 4.78 is 22.5. The SMILES string of the molecule is Cl.NC1CCC(C(=O)NCc2cccc(S(N)(=O)=O)c2)C1. The maximum Gasteiger partial charge on any atom is 0.238 e. The first-order chi connectivity index (χ1) is 9.36. The molecule has 1 aliphatic rings. The number of primary sulfonamides is 1. The standard InChI is InChI=1S/C13H19N3O3S.ClH/c14-11-5-4-10(7-11)13(17)16-8-9-2-1-3-12(6-9)20(15,18)19;/h1-3,6,10-11H,4-5,7-8,14H2,(H,16,17)(H2,15,18,19);1H. The lowest BCUT2D eigenvalue weighted by atomic mass is 10.1. The van der Waals surface area contributed by atoms with E-state index in [-0.39, 0.29) is 41.7 Å². The van der Waals surface area contributed by atoms with Gasteiger partial charge in [-0.25, -0.2) is 13.6 Å². The molecule has 0 aromatic heterocycles. The predicted octanol–water partition coefficient (Wildman–Crippen LogP) is 0.499. The van der Waals surface area contributed by atoms with Gasteiger partial charge in [-0.15, -0.1) is 12.4 Å². The zero-order chi connectivity index (χ0) is 14.8. The molecule has 1 aromatic rings. The monoisotopic (exact) mass is 333 g/mol. The molecule has 5 N–H and O–H groups in total. The summed E-state index contributed by atoms with van der Waals surface area (Å²) in [7, 11) is -3.72. The minimum absolute atomic E-state index is 0. The summed E-state index contributed by atoms with van der Waals surface area (Å²) in [5, 5.41) is 7.88. The van der Waals surface area contributed by atoms with E-state index in [1.807, 2.05) is 0 Å². The summed E-state index contributed by atoms with van der Waals surface area (Å²) in [5.41, 5.74) is 6.48. The van der Waals surface area contributed by atoms with Crippen molar-refractivity contribution in [1.29, 1.82) is 0 Å². The number of hydrogen-bond donors (Lipinski definition) is 3. The minimum Gasteiger partial charge on any atom is -0.352 e. The summed E-state index contributed by atoms with van der Waals surface area (Å²) >= 11 is 0. The predicted molar refractivity (Wildman–Crippen MR) is 82.2 cm³/mol. The second-order valence-electron chi connectivity index (χ2n) is 5.18. The third kappa shape index (κ3) is 4.96. The quantitative estimate of drug-likeness (QED) is 0.744. The van der Waals surface area contributed by atoms with Gasteiger partial charge in [-0.3, -0.25) is 4.79 Å². The van der Waals surface area contributed by atoms with Crippen molar-refractivity contribution in [3.8, 4) is 0 Å². The normalized spacial score (nSPS) is 21.6. The molecule has 1 amide bonds. The van der Waals surface area contributed by atoms with Gasteiger partial charge in [-0.1, -0.05) is 12.1 Å². The zero-order valence-electron chi connectivity index (χ0n) is 11.5. The van der Waals surface area contributed by atoms with Crippen molar-refractivity contribution in [2.45, 2.75) is 36.7 Å². The second kappa shape index (κ2) is 7.22. The van der Waals surface area contributed by atoms with Gasteiger partial charge in [0.15, 0.2) is 0 Å². The Bertz CT molecular complexity index is 606. The van der Waals surface area contributed by atoms with Crippen LogP contribution in [0.25, 0.3) is 0 Å². The molecule has 1 aliphatic carbocycles. The lowest BCUT2D eigenvalue weighted by Gasteiger charge is -2.11. The van der Waals surface area contributed by atoms with Gasteiger partial charge in [-0.2, -0.15) is 0 Å². The number of carbonyl (C=O) groups excluding carboxylic acids is 1. The molecule has 8 heteroatoms. The fourth-order valence-corrected chi connectivity index (χ4v) is 3.00. The van der Waals surface area contributed by atoms with Crippen LogP contribution in [0.15, 0.2) is 29.2 Å². The number of nitrogens with two attached hydrogens (primary N) is 2. The van der Waals surface area contributed by atoms with Crippen molar-refractivity contribution in [2.24, 2.45) is 16.8 Å². The third-order valence-corrected chi connectivity index (χ3v) is 4.45. The molecular formula is C13H20ClN3O3S. The molecule has 2 unspecified atom stereocenters. The zero-order valence-corrected chi connectivity index (χ0v) is 13.1. The van der Waals surface area contributed by atoms with Gasteiger partial charge in [0.25, 0.3) is 0 Å². The molecule has 2 rings (SSSR count). The molecule has 0 bridgehead atoms. The van der Waals surface area contributed by atoms with Crippen molar-refractivity contribution in [1.82, 2.24) is 5.32 Å². The number of carbonyl (C=O) groups is 1. The Morgan fingerprint density at radius 2 is 2.05 bits per heavy atom. The Morgan fingerprint density at radius 1 is 1.33 bits per heavy atom. The smallest absolute Gasteiger partial charge is 0.238 e. The highest BCUT2D eigenvalue weighted by molar-refractivity contribution is 7.89. The van der Waals surface area contributed by atoms with Crippen molar-refractivity contribution < 1.29 is 13.2 Å². The number of rotatable bonds is 4. The van der Waals surface area contributed by atoms with Gasteiger partial charge in [-0.05, 0) is 37.0 Å². The first-order valence-electron chi connectivity index (χ1n) is 6.51. The van der Waals surface area contributed by atoms with Gasteiger partial charge >= 0.3 is 0 Å². The van der Waals surface area contributed by atoms with Crippen LogP contribution in [0.1, 0.15) is 24.8 Å². The number of benzene rings is 1. The van der Waals surface area contributed by atoms with E-state index in [2.05, 4.69) is 5.32 Å². The van der Waals surface area contributed by atoms with Gasteiger partial charge in [0.05, 0.1) is 4.90 Å². The van der Waals surface area contributed by atoms with Crippen LogP contribution in [0, 0.1) is 5.92 Å². The Morgan fingerprint density at radius 3 is 2.62 bits per heavy atom. The summed E-state index contributed by atoms with van der Waals surface area (Å²) in [5.74, 6) is -0.0645. The number of nitrogens with one attached hydrogen (secondary N) is 1. The van der Waals surface area contributed by atoms with Crippen molar-refractivity contribution in [2.75, 3.05) is 0 Å². The first kappa shape index (κ1) is 17.9. The van der Waals surface area contributed by atoms with Crippen molar-refractivity contribution in [3.63, 3.8) is 0 Å². The Labute approximate surface area is 130 Å². The maximum atomic E-state index is 11.9.